The number of hydrogen-bond donors (Lipinski definition) is 0. The molecule has 1 fully saturated rings. The van der Waals surface area contributed by atoms with Crippen LogP contribution < -0.4 is 0 Å². The lowest BCUT2D eigenvalue weighted by Crippen LogP contribution is -2.17. The van der Waals surface area contributed by atoms with Crippen molar-refractivity contribution in [3.05, 3.63) is 70.4 Å². The monoisotopic (exact) mass is 436 g/mol. The molecule has 4 aromatic rings. The van der Waals surface area contributed by atoms with Gasteiger partial charge in [0.2, 0.25) is 0 Å². The molecule has 0 bridgehead atoms. The normalized spacial score (nSPS) is 21.2. The Bertz CT molecular complexity index is 1230. The number of nitrogens with zero attached hydrogens (tertiary/aromatic N) is 4. The maximum Gasteiger partial charge on any atom is 0.163 e. The number of aromatic nitrogens is 4. The minimum atomic E-state index is 0.397. The minimum absolute atomic E-state index is 0.397. The molecule has 1 saturated carbocycles. The van der Waals surface area contributed by atoms with E-state index in [0.717, 1.165) is 53.6 Å². The Morgan fingerprint density at radius 2 is 1.80 bits per heavy atom. The van der Waals surface area contributed by atoms with Crippen molar-refractivity contribution in [1.29, 1.82) is 0 Å². The van der Waals surface area contributed by atoms with Crippen molar-refractivity contribution in [1.82, 2.24) is 19.1 Å². The predicted octanol–water partition coefficient (Wildman–Crippen LogP) is 6.00. The fourth-order valence-corrected chi connectivity index (χ4v) is 5.96. The second-order valence-electron chi connectivity index (χ2n) is 8.19. The Morgan fingerprint density at radius 1 is 0.967 bits per heavy atom. The second kappa shape index (κ2) is 7.45. The molecule has 2 aromatic heterocycles. The van der Waals surface area contributed by atoms with Gasteiger partial charge in [-0.1, -0.05) is 29.8 Å². The van der Waals surface area contributed by atoms with Crippen molar-refractivity contribution < 1.29 is 4.74 Å². The maximum atomic E-state index is 6.22. The van der Waals surface area contributed by atoms with Gasteiger partial charge in [-0.25, -0.2) is 0 Å². The highest BCUT2D eigenvalue weighted by Gasteiger charge is 2.31. The summed E-state index contributed by atoms with van der Waals surface area (Å²) >= 11 is 7.84. The zero-order valence-electron chi connectivity index (χ0n) is 16.4. The van der Waals surface area contributed by atoms with Gasteiger partial charge in [0.1, 0.15) is 12.4 Å². The average Bonchev–Trinajstić information content (AvgIpc) is 3.34. The lowest BCUT2D eigenvalue weighted by molar-refractivity contribution is 0.105. The molecule has 3 heterocycles. The van der Waals surface area contributed by atoms with Gasteiger partial charge in [0.05, 0.1) is 22.7 Å². The third kappa shape index (κ3) is 3.06. The summed E-state index contributed by atoms with van der Waals surface area (Å²) in [5.74, 6) is 2.85. The van der Waals surface area contributed by atoms with E-state index in [0.29, 0.717) is 25.0 Å². The van der Waals surface area contributed by atoms with Crippen LogP contribution in [0.1, 0.15) is 60.4 Å². The molecule has 0 amide bonds. The van der Waals surface area contributed by atoms with E-state index < -0.39 is 0 Å². The summed E-state index contributed by atoms with van der Waals surface area (Å²) in [6.45, 7) is 1.02. The first-order valence-corrected chi connectivity index (χ1v) is 11.6. The number of benzene rings is 2. The Labute approximate surface area is 183 Å². The first kappa shape index (κ1) is 18.5. The van der Waals surface area contributed by atoms with Crippen molar-refractivity contribution in [3.8, 4) is 5.69 Å². The van der Waals surface area contributed by atoms with Gasteiger partial charge in [0, 0.05) is 27.8 Å². The van der Waals surface area contributed by atoms with Crippen LogP contribution in [0.2, 0.25) is 5.02 Å². The number of halogens is 1. The zero-order chi connectivity index (χ0) is 20.1. The van der Waals surface area contributed by atoms with Gasteiger partial charge in [-0.2, -0.15) is 4.37 Å². The van der Waals surface area contributed by atoms with E-state index in [2.05, 4.69) is 45.1 Å². The summed E-state index contributed by atoms with van der Waals surface area (Å²) in [6.07, 6.45) is 4.45. The third-order valence-corrected chi connectivity index (χ3v) is 7.49. The van der Waals surface area contributed by atoms with Crippen molar-refractivity contribution in [2.75, 3.05) is 0 Å². The highest BCUT2D eigenvalue weighted by Crippen LogP contribution is 2.43. The van der Waals surface area contributed by atoms with Gasteiger partial charge in [0.15, 0.2) is 5.82 Å². The summed E-state index contributed by atoms with van der Waals surface area (Å²) in [7, 11) is 0. The Balaban J connectivity index is 1.29. The highest BCUT2D eigenvalue weighted by atomic mass is 35.5. The molecule has 1 aliphatic heterocycles. The largest absolute Gasteiger partial charge is 0.369 e. The van der Waals surface area contributed by atoms with Gasteiger partial charge in [-0.3, -0.25) is 4.57 Å². The molecule has 6 rings (SSSR count). The smallest absolute Gasteiger partial charge is 0.163 e. The number of hydrogen-bond acceptors (Lipinski definition) is 5. The maximum absolute atomic E-state index is 6.22. The van der Waals surface area contributed by atoms with Crippen LogP contribution in [0, 0.1) is 0 Å². The van der Waals surface area contributed by atoms with E-state index in [1.165, 1.54) is 15.8 Å². The van der Waals surface area contributed by atoms with E-state index in [9.17, 15) is 0 Å². The van der Waals surface area contributed by atoms with E-state index in [-0.39, 0.29) is 0 Å². The molecule has 152 valence electrons. The highest BCUT2D eigenvalue weighted by molar-refractivity contribution is 7.13. The molecule has 0 radical (unpaired) electrons. The van der Waals surface area contributed by atoms with Crippen LogP contribution in [-0.2, 0) is 18.0 Å². The fourth-order valence-electron chi connectivity index (χ4n) is 4.92. The molecule has 0 N–H and O–H groups in total. The van der Waals surface area contributed by atoms with E-state index in [1.54, 1.807) is 11.5 Å². The van der Waals surface area contributed by atoms with Crippen molar-refractivity contribution in [3.63, 3.8) is 0 Å². The van der Waals surface area contributed by atoms with Crippen LogP contribution >= 0.6 is 23.1 Å². The van der Waals surface area contributed by atoms with E-state index in [4.69, 9.17) is 20.7 Å². The predicted molar refractivity (Wildman–Crippen MR) is 118 cm³/mol. The van der Waals surface area contributed by atoms with Crippen LogP contribution in [0.25, 0.3) is 15.8 Å². The van der Waals surface area contributed by atoms with Crippen molar-refractivity contribution in [2.24, 2.45) is 0 Å². The Hall–Kier alpha value is -2.28. The summed E-state index contributed by atoms with van der Waals surface area (Å²) in [4.78, 5) is 0. The standard InChI is InChI=1S/C23H21ClN4OS/c24-17-9-10-19-16(11-17)12-29-13-21-25-26-23(28(19)21)15-7-5-14(6-8-15)22-18-3-1-2-4-20(18)30-27-22/h1-4,9-11,14-15H,5-8,12-13H2/t14-,15-. The molecule has 30 heavy (non-hydrogen) atoms. The summed E-state index contributed by atoms with van der Waals surface area (Å²) < 4.78 is 14.1. The Morgan fingerprint density at radius 3 is 2.70 bits per heavy atom. The molecular weight excluding hydrogens is 416 g/mol. The van der Waals surface area contributed by atoms with Gasteiger partial charge < -0.3 is 4.74 Å². The molecule has 1 aliphatic carbocycles. The third-order valence-electron chi connectivity index (χ3n) is 6.41. The van der Waals surface area contributed by atoms with Gasteiger partial charge in [0.25, 0.3) is 0 Å². The van der Waals surface area contributed by atoms with Crippen LogP contribution in [0.5, 0.6) is 0 Å². The van der Waals surface area contributed by atoms with Crippen molar-refractivity contribution in [2.45, 2.75) is 50.7 Å². The van der Waals surface area contributed by atoms with Gasteiger partial charge >= 0.3 is 0 Å². The van der Waals surface area contributed by atoms with Crippen LogP contribution in [0.3, 0.4) is 0 Å². The molecule has 0 atom stereocenters. The van der Waals surface area contributed by atoms with Gasteiger partial charge in [-0.15, -0.1) is 10.2 Å². The lowest BCUT2D eigenvalue weighted by atomic mass is 9.79. The van der Waals surface area contributed by atoms with E-state index in [1.807, 2.05) is 12.1 Å². The van der Waals surface area contributed by atoms with E-state index >= 15 is 0 Å². The molecule has 2 aromatic carbocycles. The number of rotatable bonds is 2. The molecule has 0 saturated heterocycles. The first-order valence-electron chi connectivity index (χ1n) is 10.4. The molecule has 0 unspecified atom stereocenters. The molecule has 7 heteroatoms. The fraction of sp³-hybridized carbons (Fsp3) is 0.348. The number of ether oxygens (including phenoxy) is 1. The topological polar surface area (TPSA) is 52.8 Å². The minimum Gasteiger partial charge on any atom is -0.369 e. The van der Waals surface area contributed by atoms with Crippen LogP contribution in [-0.4, -0.2) is 19.1 Å². The summed E-state index contributed by atoms with van der Waals surface area (Å²) in [5, 5.41) is 11.1. The molecular formula is C23H21ClN4OS. The zero-order valence-corrected chi connectivity index (χ0v) is 18.0. The molecule has 2 aliphatic rings. The number of fused-ring (bicyclic) bond motifs is 4. The summed E-state index contributed by atoms with van der Waals surface area (Å²) in [5.41, 5.74) is 3.46. The van der Waals surface area contributed by atoms with Gasteiger partial charge in [-0.05, 0) is 61.5 Å². The summed E-state index contributed by atoms with van der Waals surface area (Å²) in [6, 6.07) is 14.6. The SMILES string of the molecule is Clc1ccc2c(c1)COCc1nnc([C@H]3CC[C@H](c4nsc5ccccc54)CC3)n1-2. The lowest BCUT2D eigenvalue weighted by Gasteiger charge is -2.27. The van der Waals surface area contributed by atoms with Crippen LogP contribution in [0.15, 0.2) is 42.5 Å². The average molecular weight is 437 g/mol. The first-order chi connectivity index (χ1) is 14.8. The quantitative estimate of drug-likeness (QED) is 0.386. The Kier molecular flexibility index (Phi) is 4.59. The molecule has 0 spiro atoms. The second-order valence-corrected chi connectivity index (χ2v) is 9.43. The molecule has 5 nitrogen and oxygen atoms in total. The van der Waals surface area contributed by atoms with Crippen molar-refractivity contribution >= 4 is 33.2 Å². The van der Waals surface area contributed by atoms with Crippen LogP contribution in [0.4, 0.5) is 0 Å².